The third-order valence-electron chi connectivity index (χ3n) is 3.08. The Kier molecular flexibility index (Phi) is 4.28. The molecule has 0 bridgehead atoms. The van der Waals surface area contributed by atoms with Gasteiger partial charge in [-0.1, -0.05) is 0 Å². The second-order valence-electron chi connectivity index (χ2n) is 4.67. The summed E-state index contributed by atoms with van der Waals surface area (Å²) in [5.41, 5.74) is 1.70. The van der Waals surface area contributed by atoms with Gasteiger partial charge >= 0.3 is 10.2 Å². The Morgan fingerprint density at radius 1 is 1.16 bits per heavy atom. The van der Waals surface area contributed by atoms with E-state index in [-0.39, 0.29) is 0 Å². The van der Waals surface area contributed by atoms with Crippen LogP contribution in [0.3, 0.4) is 0 Å². The molecule has 0 saturated carbocycles. The molecule has 1 aromatic rings. The Hall–Kier alpha value is -1.31. The smallest absolute Gasteiger partial charge is 0.301 e. The molecule has 1 aliphatic heterocycles. The molecule has 0 atom stereocenters. The number of piperazine rings is 1. The number of hydrogen-bond acceptors (Lipinski definition) is 4. The summed E-state index contributed by atoms with van der Waals surface area (Å²) in [5, 5.41) is 3.30. The average molecular weight is 284 g/mol. The molecular formula is C12H20N4O2S. The zero-order chi connectivity index (χ0) is 13.9. The predicted octanol–water partition coefficient (Wildman–Crippen LogP) is 0.315. The molecule has 0 aliphatic carbocycles. The molecule has 1 aliphatic rings. The number of nitrogens with one attached hydrogen (secondary N) is 2. The molecule has 2 N–H and O–H groups in total. The van der Waals surface area contributed by atoms with Crippen LogP contribution in [0.2, 0.25) is 0 Å². The summed E-state index contributed by atoms with van der Waals surface area (Å²) in [6, 6.07) is 7.47. The summed E-state index contributed by atoms with van der Waals surface area (Å²) >= 11 is 0. The van der Waals surface area contributed by atoms with E-state index in [1.165, 1.54) is 14.1 Å². The number of rotatable bonds is 4. The molecule has 0 aromatic heterocycles. The maximum absolute atomic E-state index is 11.7. The molecule has 0 spiro atoms. The van der Waals surface area contributed by atoms with Gasteiger partial charge in [0, 0.05) is 51.6 Å². The Labute approximate surface area is 114 Å². The molecule has 0 unspecified atom stereocenters. The fraction of sp³-hybridized carbons (Fsp3) is 0.500. The summed E-state index contributed by atoms with van der Waals surface area (Å²) in [7, 11) is -0.434. The van der Waals surface area contributed by atoms with E-state index >= 15 is 0 Å². The monoisotopic (exact) mass is 284 g/mol. The van der Waals surface area contributed by atoms with Crippen molar-refractivity contribution in [1.29, 1.82) is 0 Å². The number of hydrogen-bond donors (Lipinski definition) is 2. The number of benzene rings is 1. The third-order valence-corrected chi connectivity index (χ3v) is 4.53. The van der Waals surface area contributed by atoms with E-state index in [0.717, 1.165) is 36.2 Å². The molecule has 2 rings (SSSR count). The highest BCUT2D eigenvalue weighted by atomic mass is 32.2. The summed E-state index contributed by atoms with van der Waals surface area (Å²) in [5.74, 6) is 0. The van der Waals surface area contributed by atoms with Gasteiger partial charge in [0.15, 0.2) is 0 Å². The molecule has 1 aromatic carbocycles. The van der Waals surface area contributed by atoms with Gasteiger partial charge in [-0.2, -0.15) is 12.7 Å². The number of anilines is 2. The van der Waals surface area contributed by atoms with Crippen LogP contribution in [0.1, 0.15) is 0 Å². The average Bonchev–Trinajstić information content (AvgIpc) is 2.40. The van der Waals surface area contributed by atoms with Crippen molar-refractivity contribution in [1.82, 2.24) is 9.62 Å². The Morgan fingerprint density at radius 2 is 1.74 bits per heavy atom. The normalized spacial score (nSPS) is 16.7. The van der Waals surface area contributed by atoms with Crippen LogP contribution in [-0.2, 0) is 10.2 Å². The van der Waals surface area contributed by atoms with Gasteiger partial charge < -0.3 is 10.2 Å². The van der Waals surface area contributed by atoms with Crippen LogP contribution in [0.4, 0.5) is 11.4 Å². The zero-order valence-electron chi connectivity index (χ0n) is 11.3. The van der Waals surface area contributed by atoms with Crippen LogP contribution in [0.25, 0.3) is 0 Å². The first-order chi connectivity index (χ1) is 8.99. The lowest BCUT2D eigenvalue weighted by Crippen LogP contribution is -2.43. The van der Waals surface area contributed by atoms with Crippen molar-refractivity contribution in [2.24, 2.45) is 0 Å². The van der Waals surface area contributed by atoms with E-state index in [0.29, 0.717) is 5.69 Å². The lowest BCUT2D eigenvalue weighted by Gasteiger charge is -2.29. The van der Waals surface area contributed by atoms with Crippen molar-refractivity contribution < 1.29 is 8.42 Å². The maximum Gasteiger partial charge on any atom is 0.301 e. The maximum atomic E-state index is 11.7. The highest BCUT2D eigenvalue weighted by molar-refractivity contribution is 7.90. The van der Waals surface area contributed by atoms with Gasteiger partial charge in [0.1, 0.15) is 0 Å². The molecule has 0 radical (unpaired) electrons. The second-order valence-corrected chi connectivity index (χ2v) is 6.56. The second kappa shape index (κ2) is 5.77. The fourth-order valence-electron chi connectivity index (χ4n) is 1.90. The standard InChI is InChI=1S/C12H20N4O2S/c1-15(2)19(17,18)14-11-3-5-12(6-4-11)16-9-7-13-8-10-16/h3-6,13-14H,7-10H2,1-2H3. The van der Waals surface area contributed by atoms with Gasteiger partial charge in [0.05, 0.1) is 0 Å². The summed E-state index contributed by atoms with van der Waals surface area (Å²) in [6.07, 6.45) is 0. The van der Waals surface area contributed by atoms with Gasteiger partial charge in [0.25, 0.3) is 0 Å². The highest BCUT2D eigenvalue weighted by Gasteiger charge is 2.14. The van der Waals surface area contributed by atoms with Gasteiger partial charge in [-0.15, -0.1) is 0 Å². The first-order valence-electron chi connectivity index (χ1n) is 6.25. The minimum absolute atomic E-state index is 0.576. The van der Waals surface area contributed by atoms with E-state index in [4.69, 9.17) is 0 Å². The van der Waals surface area contributed by atoms with Gasteiger partial charge in [-0.25, -0.2) is 0 Å². The summed E-state index contributed by atoms with van der Waals surface area (Å²) < 4.78 is 27.0. The van der Waals surface area contributed by atoms with Crippen LogP contribution in [-0.4, -0.2) is 53.0 Å². The molecule has 6 nitrogen and oxygen atoms in total. The minimum Gasteiger partial charge on any atom is -0.369 e. The lowest BCUT2D eigenvalue weighted by molar-refractivity contribution is 0.527. The quantitative estimate of drug-likeness (QED) is 0.835. The van der Waals surface area contributed by atoms with Crippen molar-refractivity contribution in [2.45, 2.75) is 0 Å². The SMILES string of the molecule is CN(C)S(=O)(=O)Nc1ccc(N2CCNCC2)cc1. The predicted molar refractivity (Wildman–Crippen MR) is 77.8 cm³/mol. The summed E-state index contributed by atoms with van der Waals surface area (Å²) in [6.45, 7) is 3.91. The molecule has 1 saturated heterocycles. The molecule has 19 heavy (non-hydrogen) atoms. The van der Waals surface area contributed by atoms with E-state index in [9.17, 15) is 8.42 Å². The van der Waals surface area contributed by atoms with E-state index in [1.54, 1.807) is 12.1 Å². The molecule has 0 amide bonds. The van der Waals surface area contributed by atoms with Crippen molar-refractivity contribution in [2.75, 3.05) is 49.9 Å². The van der Waals surface area contributed by atoms with Crippen molar-refractivity contribution in [3.8, 4) is 0 Å². The van der Waals surface area contributed by atoms with Gasteiger partial charge in [0.2, 0.25) is 0 Å². The first-order valence-corrected chi connectivity index (χ1v) is 7.69. The first kappa shape index (κ1) is 14.1. The van der Waals surface area contributed by atoms with Gasteiger partial charge in [-0.05, 0) is 24.3 Å². The van der Waals surface area contributed by atoms with Gasteiger partial charge in [-0.3, -0.25) is 4.72 Å². The highest BCUT2D eigenvalue weighted by Crippen LogP contribution is 2.19. The zero-order valence-corrected chi connectivity index (χ0v) is 12.1. The third kappa shape index (κ3) is 3.59. The largest absolute Gasteiger partial charge is 0.369 e. The van der Waals surface area contributed by atoms with Crippen LogP contribution < -0.4 is 14.9 Å². The van der Waals surface area contributed by atoms with Crippen LogP contribution in [0.15, 0.2) is 24.3 Å². The van der Waals surface area contributed by atoms with Crippen molar-refractivity contribution in [3.05, 3.63) is 24.3 Å². The van der Waals surface area contributed by atoms with E-state index in [2.05, 4.69) is 14.9 Å². The van der Waals surface area contributed by atoms with Crippen LogP contribution in [0.5, 0.6) is 0 Å². The Morgan fingerprint density at radius 3 is 2.26 bits per heavy atom. The fourth-order valence-corrected chi connectivity index (χ4v) is 2.52. The lowest BCUT2D eigenvalue weighted by atomic mass is 10.2. The minimum atomic E-state index is -3.43. The molecule has 106 valence electrons. The number of nitrogens with zero attached hydrogens (tertiary/aromatic N) is 2. The molecule has 1 heterocycles. The summed E-state index contributed by atoms with van der Waals surface area (Å²) in [4.78, 5) is 2.28. The molecular weight excluding hydrogens is 264 g/mol. The van der Waals surface area contributed by atoms with Crippen molar-refractivity contribution in [3.63, 3.8) is 0 Å². The van der Waals surface area contributed by atoms with E-state index < -0.39 is 10.2 Å². The van der Waals surface area contributed by atoms with E-state index in [1.807, 2.05) is 12.1 Å². The van der Waals surface area contributed by atoms with Crippen LogP contribution in [0, 0.1) is 0 Å². The Bertz CT molecular complexity index is 507. The van der Waals surface area contributed by atoms with Crippen molar-refractivity contribution >= 4 is 21.6 Å². The molecule has 1 fully saturated rings. The Balaban J connectivity index is 2.06. The van der Waals surface area contributed by atoms with Crippen LogP contribution >= 0.6 is 0 Å². The topological polar surface area (TPSA) is 64.7 Å². The molecule has 7 heteroatoms.